The number of carbonyl (C=O) groups excluding carboxylic acids is 1. The van der Waals surface area contributed by atoms with Crippen LogP contribution in [0, 0.1) is 22.7 Å². The van der Waals surface area contributed by atoms with E-state index in [0.717, 1.165) is 25.2 Å². The Morgan fingerprint density at radius 2 is 1.94 bits per heavy atom. The summed E-state index contributed by atoms with van der Waals surface area (Å²) in [5.74, 6) is 1.97. The molecule has 2 rings (SSSR count). The molecule has 90 valence electrons. The second-order valence-electron chi connectivity index (χ2n) is 6.91. The number of Topliss-reactive ketones (excluding diaryl/α,β-unsaturated/α-hetero) is 1. The lowest BCUT2D eigenvalue weighted by molar-refractivity contribution is -0.130. The van der Waals surface area contributed by atoms with Gasteiger partial charge in [0.1, 0.15) is 5.78 Å². The van der Waals surface area contributed by atoms with Crippen molar-refractivity contribution in [1.29, 1.82) is 0 Å². The first-order chi connectivity index (χ1) is 7.27. The van der Waals surface area contributed by atoms with Crippen molar-refractivity contribution in [2.75, 3.05) is 0 Å². The molecule has 0 spiro atoms. The predicted molar refractivity (Wildman–Crippen MR) is 67.2 cm³/mol. The van der Waals surface area contributed by atoms with Gasteiger partial charge in [0.25, 0.3) is 0 Å². The lowest BCUT2D eigenvalue weighted by atomic mass is 9.72. The molecule has 0 radical (unpaired) electrons. The summed E-state index contributed by atoms with van der Waals surface area (Å²) in [5, 5.41) is 0. The summed E-state index contributed by atoms with van der Waals surface area (Å²) in [6.45, 7) is 11.0. The summed E-state index contributed by atoms with van der Waals surface area (Å²) in [5.41, 5.74) is 1.68. The Labute approximate surface area is 99.3 Å². The van der Waals surface area contributed by atoms with Crippen LogP contribution in [-0.2, 0) is 4.79 Å². The van der Waals surface area contributed by atoms with Crippen molar-refractivity contribution in [3.8, 4) is 0 Å². The molecule has 0 unspecified atom stereocenters. The first-order valence-electron chi connectivity index (χ1n) is 6.44. The highest BCUT2D eigenvalue weighted by Gasteiger charge is 2.63. The SMILES string of the molecule is CC(C)=CC[C@]1(C)C[C@H]2[C@H](CC1=O)C2(C)C. The smallest absolute Gasteiger partial charge is 0.139 e. The molecule has 0 heterocycles. The number of fused-ring (bicyclic) bond motifs is 1. The van der Waals surface area contributed by atoms with Gasteiger partial charge in [-0.3, -0.25) is 4.79 Å². The summed E-state index contributed by atoms with van der Waals surface area (Å²) >= 11 is 0. The average Bonchev–Trinajstić information content (AvgIpc) is 2.66. The third-order valence-corrected chi connectivity index (χ3v) is 5.00. The van der Waals surface area contributed by atoms with Crippen LogP contribution in [0.5, 0.6) is 0 Å². The molecule has 0 N–H and O–H groups in total. The Morgan fingerprint density at radius 3 is 2.50 bits per heavy atom. The molecule has 2 fully saturated rings. The highest BCUT2D eigenvalue weighted by molar-refractivity contribution is 5.86. The average molecular weight is 220 g/mol. The van der Waals surface area contributed by atoms with Gasteiger partial charge in [-0.1, -0.05) is 32.4 Å². The van der Waals surface area contributed by atoms with Crippen LogP contribution in [0.4, 0.5) is 0 Å². The summed E-state index contributed by atoms with van der Waals surface area (Å²) in [4.78, 5) is 12.2. The number of ketones is 1. The van der Waals surface area contributed by atoms with E-state index in [1.165, 1.54) is 5.57 Å². The van der Waals surface area contributed by atoms with Gasteiger partial charge in [0.2, 0.25) is 0 Å². The van der Waals surface area contributed by atoms with Crippen LogP contribution >= 0.6 is 0 Å². The number of hydrogen-bond acceptors (Lipinski definition) is 1. The van der Waals surface area contributed by atoms with E-state index < -0.39 is 0 Å². The molecule has 2 aliphatic carbocycles. The first-order valence-corrected chi connectivity index (χ1v) is 6.44. The third-order valence-electron chi connectivity index (χ3n) is 5.00. The fourth-order valence-electron chi connectivity index (χ4n) is 3.34. The molecule has 1 nitrogen and oxygen atoms in total. The van der Waals surface area contributed by atoms with Crippen molar-refractivity contribution in [3.05, 3.63) is 11.6 Å². The number of carbonyl (C=O) groups is 1. The quantitative estimate of drug-likeness (QED) is 0.643. The molecule has 0 amide bonds. The molecule has 0 bridgehead atoms. The number of allylic oxidation sites excluding steroid dienone is 2. The zero-order valence-electron chi connectivity index (χ0n) is 11.3. The highest BCUT2D eigenvalue weighted by atomic mass is 16.1. The summed E-state index contributed by atoms with van der Waals surface area (Å²) < 4.78 is 0. The Bertz CT molecular complexity index is 346. The van der Waals surface area contributed by atoms with Crippen LogP contribution < -0.4 is 0 Å². The van der Waals surface area contributed by atoms with Crippen molar-refractivity contribution in [2.45, 2.75) is 53.9 Å². The molecule has 1 heteroatoms. The van der Waals surface area contributed by atoms with E-state index in [1.807, 2.05) is 0 Å². The molecule has 2 aliphatic rings. The van der Waals surface area contributed by atoms with E-state index >= 15 is 0 Å². The van der Waals surface area contributed by atoms with Crippen LogP contribution in [0.25, 0.3) is 0 Å². The van der Waals surface area contributed by atoms with Crippen molar-refractivity contribution >= 4 is 5.78 Å². The van der Waals surface area contributed by atoms with Crippen LogP contribution in [0.3, 0.4) is 0 Å². The number of rotatable bonds is 2. The van der Waals surface area contributed by atoms with E-state index in [2.05, 4.69) is 40.7 Å². The molecule has 0 aromatic rings. The summed E-state index contributed by atoms with van der Waals surface area (Å²) in [7, 11) is 0. The van der Waals surface area contributed by atoms with Crippen molar-refractivity contribution in [1.82, 2.24) is 0 Å². The molecule has 0 aromatic carbocycles. The van der Waals surface area contributed by atoms with E-state index in [0.29, 0.717) is 17.1 Å². The second kappa shape index (κ2) is 3.45. The van der Waals surface area contributed by atoms with Gasteiger partial charge >= 0.3 is 0 Å². The first kappa shape index (κ1) is 11.9. The van der Waals surface area contributed by atoms with Gasteiger partial charge < -0.3 is 0 Å². The van der Waals surface area contributed by atoms with Crippen molar-refractivity contribution in [3.63, 3.8) is 0 Å². The Hall–Kier alpha value is -0.590. The van der Waals surface area contributed by atoms with Gasteiger partial charge in [0.15, 0.2) is 0 Å². The monoisotopic (exact) mass is 220 g/mol. The topological polar surface area (TPSA) is 17.1 Å². The van der Waals surface area contributed by atoms with Gasteiger partial charge in [-0.15, -0.1) is 0 Å². The maximum Gasteiger partial charge on any atom is 0.139 e. The molecular formula is C15H24O. The number of hydrogen-bond donors (Lipinski definition) is 0. The summed E-state index contributed by atoms with van der Waals surface area (Å²) in [6.07, 6.45) is 5.10. The van der Waals surface area contributed by atoms with E-state index in [4.69, 9.17) is 0 Å². The molecule has 2 saturated carbocycles. The fourth-order valence-corrected chi connectivity index (χ4v) is 3.34. The van der Waals surface area contributed by atoms with Crippen LogP contribution in [-0.4, -0.2) is 5.78 Å². The standard InChI is InChI=1S/C15H24O/c1-10(2)6-7-15(5)9-12-11(8-13(15)16)14(12,3)4/h6,11-12H,7-9H2,1-5H3/t11-,12-,15+/m0/s1. The molecule has 0 aliphatic heterocycles. The molecule has 0 aromatic heterocycles. The van der Waals surface area contributed by atoms with E-state index in [1.54, 1.807) is 0 Å². The van der Waals surface area contributed by atoms with E-state index in [9.17, 15) is 4.79 Å². The van der Waals surface area contributed by atoms with Crippen molar-refractivity contribution in [2.24, 2.45) is 22.7 Å². The molecule has 3 atom stereocenters. The third kappa shape index (κ3) is 1.74. The largest absolute Gasteiger partial charge is 0.299 e. The van der Waals surface area contributed by atoms with E-state index in [-0.39, 0.29) is 5.41 Å². The van der Waals surface area contributed by atoms with Gasteiger partial charge in [-0.25, -0.2) is 0 Å². The van der Waals surface area contributed by atoms with Crippen LogP contribution in [0.15, 0.2) is 11.6 Å². The maximum atomic E-state index is 12.2. The Balaban J connectivity index is 2.11. The zero-order chi connectivity index (χ0) is 12.1. The van der Waals surface area contributed by atoms with Gasteiger partial charge in [-0.2, -0.15) is 0 Å². The zero-order valence-corrected chi connectivity index (χ0v) is 11.3. The van der Waals surface area contributed by atoms with Gasteiger partial charge in [0, 0.05) is 11.8 Å². The Morgan fingerprint density at radius 1 is 1.31 bits per heavy atom. The summed E-state index contributed by atoms with van der Waals surface area (Å²) in [6, 6.07) is 0. The second-order valence-corrected chi connectivity index (χ2v) is 6.91. The van der Waals surface area contributed by atoms with Crippen LogP contribution in [0.2, 0.25) is 0 Å². The fraction of sp³-hybridized carbons (Fsp3) is 0.800. The van der Waals surface area contributed by atoms with Crippen LogP contribution in [0.1, 0.15) is 53.9 Å². The van der Waals surface area contributed by atoms with Gasteiger partial charge in [0.05, 0.1) is 0 Å². The van der Waals surface area contributed by atoms with Gasteiger partial charge in [-0.05, 0) is 43.9 Å². The van der Waals surface area contributed by atoms with Crippen molar-refractivity contribution < 1.29 is 4.79 Å². The molecule has 0 saturated heterocycles. The molecule has 16 heavy (non-hydrogen) atoms. The lowest BCUT2D eigenvalue weighted by Crippen LogP contribution is -2.31. The predicted octanol–water partition coefficient (Wildman–Crippen LogP) is 3.98. The minimum Gasteiger partial charge on any atom is -0.299 e. The lowest BCUT2D eigenvalue weighted by Gasteiger charge is -2.30. The Kier molecular flexibility index (Phi) is 2.56. The minimum atomic E-state index is -0.0772. The minimum absolute atomic E-state index is 0.0772. The normalized spacial score (nSPS) is 40.2. The molecular weight excluding hydrogens is 196 g/mol. The maximum absolute atomic E-state index is 12.2. The highest BCUT2D eigenvalue weighted by Crippen LogP contribution is 2.67.